The molecule has 90 valence electrons. The van der Waals surface area contributed by atoms with Gasteiger partial charge in [-0.1, -0.05) is 0 Å². The van der Waals surface area contributed by atoms with Gasteiger partial charge in [-0.25, -0.2) is 4.79 Å². The monoisotopic (exact) mass is 226 g/mol. The Morgan fingerprint density at radius 3 is 2.69 bits per heavy atom. The Bertz CT molecular complexity index is 271. The van der Waals surface area contributed by atoms with E-state index in [4.69, 9.17) is 11.5 Å². The average molecular weight is 226 g/mol. The van der Waals surface area contributed by atoms with Crippen LogP contribution < -0.4 is 10.6 Å². The summed E-state index contributed by atoms with van der Waals surface area (Å²) in [6.45, 7) is 2.30. The van der Waals surface area contributed by atoms with Crippen molar-refractivity contribution >= 4 is 12.0 Å². The lowest BCUT2D eigenvalue weighted by Crippen LogP contribution is -2.40. The zero-order chi connectivity index (χ0) is 12.4. The van der Waals surface area contributed by atoms with E-state index in [9.17, 15) is 9.59 Å². The molecule has 1 atom stereocenters. The molecule has 0 aromatic carbocycles. The fourth-order valence-corrected chi connectivity index (χ4v) is 1.11. The molecule has 0 spiro atoms. The molecule has 5 heteroatoms. The molecule has 0 aliphatic heterocycles. The van der Waals surface area contributed by atoms with Crippen LogP contribution in [0, 0.1) is 12.3 Å². The molecule has 5 nitrogen and oxygen atoms in total. The van der Waals surface area contributed by atoms with Crippen LogP contribution in [0.15, 0.2) is 0 Å². The molecular weight excluding hydrogens is 208 g/mol. The normalized spacial score (nSPS) is 11.2. The summed E-state index contributed by atoms with van der Waals surface area (Å²) in [6, 6.07) is -0.318. The van der Waals surface area contributed by atoms with Crippen LogP contribution in [0.3, 0.4) is 0 Å². The van der Waals surface area contributed by atoms with E-state index in [1.54, 1.807) is 0 Å². The van der Waals surface area contributed by atoms with Crippen molar-refractivity contribution in [1.29, 1.82) is 0 Å². The summed E-state index contributed by atoms with van der Waals surface area (Å²) >= 11 is 0. The van der Waals surface area contributed by atoms with E-state index in [-0.39, 0.29) is 18.5 Å². The van der Waals surface area contributed by atoms with Crippen LogP contribution in [0.5, 0.6) is 0 Å². The van der Waals surface area contributed by atoms with E-state index >= 15 is 0 Å². The third-order valence-electron chi connectivity index (χ3n) is 1.90. The summed E-state index contributed by atoms with van der Waals surface area (Å²) < 4.78 is 0. The zero-order valence-electron chi connectivity index (χ0n) is 9.45. The molecule has 0 aromatic rings. The molecule has 2 amide bonds. The minimum atomic E-state index is -0.813. The number of amides is 2. The number of aliphatic carboxylic acids is 1. The molecule has 0 bridgehead atoms. The van der Waals surface area contributed by atoms with Crippen LogP contribution in [-0.2, 0) is 4.79 Å². The fourth-order valence-electron chi connectivity index (χ4n) is 1.11. The van der Waals surface area contributed by atoms with Gasteiger partial charge in [0.05, 0.1) is 0 Å². The average Bonchev–Trinajstić information content (AvgIpc) is 2.16. The lowest BCUT2D eigenvalue weighted by Gasteiger charge is -2.11. The minimum absolute atomic E-state index is 0.0518. The van der Waals surface area contributed by atoms with Crippen molar-refractivity contribution in [2.75, 3.05) is 6.54 Å². The first kappa shape index (κ1) is 14.3. The highest BCUT2D eigenvalue weighted by Crippen LogP contribution is 1.93. The summed E-state index contributed by atoms with van der Waals surface area (Å²) in [6.07, 6.45) is 6.95. The summed E-state index contributed by atoms with van der Waals surface area (Å²) in [4.78, 5) is 21.4. The number of carboxylic acids is 1. The van der Waals surface area contributed by atoms with Crippen LogP contribution in [0.25, 0.3) is 0 Å². The molecule has 0 fully saturated rings. The van der Waals surface area contributed by atoms with Gasteiger partial charge in [0.15, 0.2) is 0 Å². The van der Waals surface area contributed by atoms with Crippen molar-refractivity contribution < 1.29 is 14.7 Å². The van der Waals surface area contributed by atoms with E-state index in [2.05, 4.69) is 16.6 Å². The third kappa shape index (κ3) is 8.88. The maximum Gasteiger partial charge on any atom is 0.315 e. The highest BCUT2D eigenvalue weighted by molar-refractivity contribution is 5.74. The smallest absolute Gasteiger partial charge is 0.315 e. The highest BCUT2D eigenvalue weighted by Gasteiger charge is 2.04. The Morgan fingerprint density at radius 1 is 1.44 bits per heavy atom. The van der Waals surface area contributed by atoms with Crippen molar-refractivity contribution in [2.45, 2.75) is 38.6 Å². The molecule has 0 aliphatic rings. The molecule has 0 aliphatic carbocycles. The van der Waals surface area contributed by atoms with Gasteiger partial charge in [0.2, 0.25) is 0 Å². The second kappa shape index (κ2) is 8.60. The fraction of sp³-hybridized carbons (Fsp3) is 0.636. The van der Waals surface area contributed by atoms with Crippen LogP contribution in [0.1, 0.15) is 32.6 Å². The predicted molar refractivity (Wildman–Crippen MR) is 60.9 cm³/mol. The Morgan fingerprint density at radius 2 is 2.12 bits per heavy atom. The summed E-state index contributed by atoms with van der Waals surface area (Å²) in [7, 11) is 0. The van der Waals surface area contributed by atoms with E-state index < -0.39 is 5.97 Å². The van der Waals surface area contributed by atoms with Gasteiger partial charge in [-0.3, -0.25) is 4.79 Å². The number of rotatable bonds is 7. The number of unbranched alkanes of at least 4 members (excludes halogenated alkanes) is 1. The van der Waals surface area contributed by atoms with E-state index in [1.165, 1.54) is 0 Å². The van der Waals surface area contributed by atoms with Crippen molar-refractivity contribution in [3.8, 4) is 12.3 Å². The van der Waals surface area contributed by atoms with Crippen LogP contribution in [0.2, 0.25) is 0 Å². The molecule has 0 radical (unpaired) electrons. The van der Waals surface area contributed by atoms with Crippen molar-refractivity contribution in [1.82, 2.24) is 10.6 Å². The van der Waals surface area contributed by atoms with Gasteiger partial charge in [0, 0.05) is 25.4 Å². The molecule has 0 aromatic heterocycles. The zero-order valence-corrected chi connectivity index (χ0v) is 9.45. The first-order valence-corrected chi connectivity index (χ1v) is 5.26. The molecule has 3 N–H and O–H groups in total. The van der Waals surface area contributed by atoms with Crippen molar-refractivity contribution in [2.24, 2.45) is 0 Å². The molecule has 0 rings (SSSR count). The van der Waals surface area contributed by atoms with Gasteiger partial charge in [-0.2, -0.15) is 0 Å². The van der Waals surface area contributed by atoms with E-state index in [0.717, 1.165) is 0 Å². The number of terminal acetylenes is 1. The molecule has 0 saturated carbocycles. The number of carboxylic acid groups (broad SMARTS) is 1. The minimum Gasteiger partial charge on any atom is -0.481 e. The second-order valence-corrected chi connectivity index (χ2v) is 3.56. The Balaban J connectivity index is 3.44. The van der Waals surface area contributed by atoms with Gasteiger partial charge in [-0.15, -0.1) is 12.3 Å². The number of carbonyl (C=O) groups excluding carboxylic acids is 1. The van der Waals surface area contributed by atoms with Gasteiger partial charge >= 0.3 is 12.0 Å². The predicted octanol–water partition coefficient (Wildman–Crippen LogP) is 0.952. The van der Waals surface area contributed by atoms with Crippen LogP contribution >= 0.6 is 0 Å². The van der Waals surface area contributed by atoms with Gasteiger partial charge in [0.1, 0.15) is 0 Å². The molecule has 1 unspecified atom stereocenters. The summed E-state index contributed by atoms with van der Waals surface area (Å²) in [5.74, 6) is 1.64. The second-order valence-electron chi connectivity index (χ2n) is 3.56. The number of hydrogen-bond acceptors (Lipinski definition) is 2. The van der Waals surface area contributed by atoms with Gasteiger partial charge < -0.3 is 15.7 Å². The summed E-state index contributed by atoms with van der Waals surface area (Å²) in [5.41, 5.74) is 0. The maximum absolute atomic E-state index is 11.2. The first-order chi connectivity index (χ1) is 7.56. The Hall–Kier alpha value is -1.70. The molecular formula is C11H18N2O3. The Labute approximate surface area is 95.6 Å². The SMILES string of the molecule is C#CCC(C)NC(=O)NCCCCC(=O)O. The number of nitrogens with one attached hydrogen (secondary N) is 2. The maximum atomic E-state index is 11.2. The standard InChI is InChI=1S/C11H18N2O3/c1-3-6-9(2)13-11(16)12-8-5-4-7-10(14)15/h1,9H,4-8H2,2H3,(H,14,15)(H2,12,13,16). The highest BCUT2D eigenvalue weighted by atomic mass is 16.4. The molecule has 16 heavy (non-hydrogen) atoms. The van der Waals surface area contributed by atoms with E-state index in [1.807, 2.05) is 6.92 Å². The van der Waals surface area contributed by atoms with E-state index in [0.29, 0.717) is 25.8 Å². The third-order valence-corrected chi connectivity index (χ3v) is 1.90. The number of urea groups is 1. The van der Waals surface area contributed by atoms with Crippen molar-refractivity contribution in [3.05, 3.63) is 0 Å². The topological polar surface area (TPSA) is 78.4 Å². The lowest BCUT2D eigenvalue weighted by molar-refractivity contribution is -0.137. The Kier molecular flexibility index (Phi) is 7.68. The van der Waals surface area contributed by atoms with Crippen molar-refractivity contribution in [3.63, 3.8) is 0 Å². The van der Waals surface area contributed by atoms with Gasteiger partial charge in [-0.05, 0) is 19.8 Å². The summed E-state index contributed by atoms with van der Waals surface area (Å²) in [5, 5.41) is 13.7. The number of carbonyl (C=O) groups is 2. The van der Waals surface area contributed by atoms with Gasteiger partial charge in [0.25, 0.3) is 0 Å². The largest absolute Gasteiger partial charge is 0.481 e. The number of hydrogen-bond donors (Lipinski definition) is 3. The first-order valence-electron chi connectivity index (χ1n) is 5.26. The van der Waals surface area contributed by atoms with Crippen LogP contribution in [-0.4, -0.2) is 29.7 Å². The lowest BCUT2D eigenvalue weighted by atomic mass is 10.2. The molecule has 0 saturated heterocycles. The van der Waals surface area contributed by atoms with Crippen LogP contribution in [0.4, 0.5) is 4.79 Å². The quantitative estimate of drug-likeness (QED) is 0.447. The molecule has 0 heterocycles.